The molecular formula is C7H14NO3. The second-order valence-corrected chi connectivity index (χ2v) is 2.34. The first-order valence-corrected chi connectivity index (χ1v) is 3.39. The maximum Gasteiger partial charge on any atom is 0.250 e. The van der Waals surface area contributed by atoms with Crippen LogP contribution < -0.4 is 0 Å². The number of rotatable bonds is 4. The number of hydrogen-bond acceptors (Lipinski definition) is 3. The van der Waals surface area contributed by atoms with Crippen molar-refractivity contribution in [2.75, 3.05) is 20.8 Å². The summed E-state index contributed by atoms with van der Waals surface area (Å²) >= 11 is 0. The lowest BCUT2D eigenvalue weighted by atomic mass is 10.1. The lowest BCUT2D eigenvalue weighted by Crippen LogP contribution is -2.28. The highest BCUT2D eigenvalue weighted by Gasteiger charge is 2.12. The van der Waals surface area contributed by atoms with Crippen LogP contribution in [-0.4, -0.2) is 36.8 Å². The molecule has 0 bridgehead atoms. The maximum absolute atomic E-state index is 11.0. The molecule has 65 valence electrons. The van der Waals surface area contributed by atoms with Crippen LogP contribution in [0.4, 0.5) is 0 Å². The molecule has 0 aromatic carbocycles. The van der Waals surface area contributed by atoms with Gasteiger partial charge in [-0.1, -0.05) is 6.92 Å². The SMILES string of the molecule is CON(C)C(=O)[CH]C(C)CO. The van der Waals surface area contributed by atoms with Crippen LogP contribution in [0.3, 0.4) is 0 Å². The third-order valence-corrected chi connectivity index (χ3v) is 1.30. The van der Waals surface area contributed by atoms with E-state index in [9.17, 15) is 4.79 Å². The molecule has 1 radical (unpaired) electrons. The average molecular weight is 160 g/mol. The minimum Gasteiger partial charge on any atom is -0.396 e. The third-order valence-electron chi connectivity index (χ3n) is 1.30. The minimum atomic E-state index is -0.242. The van der Waals surface area contributed by atoms with Gasteiger partial charge in [0.05, 0.1) is 13.5 Å². The number of nitrogens with zero attached hydrogens (tertiary/aromatic N) is 1. The van der Waals surface area contributed by atoms with E-state index in [0.717, 1.165) is 5.06 Å². The van der Waals surface area contributed by atoms with Gasteiger partial charge in [0, 0.05) is 13.7 Å². The van der Waals surface area contributed by atoms with Gasteiger partial charge in [0.2, 0.25) is 5.91 Å². The van der Waals surface area contributed by atoms with Gasteiger partial charge >= 0.3 is 0 Å². The van der Waals surface area contributed by atoms with Gasteiger partial charge in [0.15, 0.2) is 0 Å². The van der Waals surface area contributed by atoms with Crippen LogP contribution in [-0.2, 0) is 9.63 Å². The lowest BCUT2D eigenvalue weighted by molar-refractivity contribution is -0.165. The van der Waals surface area contributed by atoms with Crippen LogP contribution in [0.15, 0.2) is 0 Å². The first-order valence-electron chi connectivity index (χ1n) is 3.39. The van der Waals surface area contributed by atoms with Gasteiger partial charge in [-0.25, -0.2) is 5.06 Å². The minimum absolute atomic E-state index is 0.0245. The average Bonchev–Trinajstić information content (AvgIpc) is 2.02. The quantitative estimate of drug-likeness (QED) is 0.581. The second kappa shape index (κ2) is 5.09. The summed E-state index contributed by atoms with van der Waals surface area (Å²) in [6.07, 6.45) is 1.41. The first-order chi connectivity index (χ1) is 5.11. The first kappa shape index (κ1) is 10.4. The van der Waals surface area contributed by atoms with E-state index in [1.165, 1.54) is 20.6 Å². The normalized spacial score (nSPS) is 12.7. The summed E-state index contributed by atoms with van der Waals surface area (Å²) in [7, 11) is 2.93. The largest absolute Gasteiger partial charge is 0.396 e. The molecule has 0 saturated carbocycles. The van der Waals surface area contributed by atoms with Crippen LogP contribution >= 0.6 is 0 Å². The Morgan fingerprint density at radius 3 is 2.73 bits per heavy atom. The summed E-state index contributed by atoms with van der Waals surface area (Å²) < 4.78 is 0. The van der Waals surface area contributed by atoms with Gasteiger partial charge in [-0.3, -0.25) is 9.63 Å². The Labute approximate surface area is 66.7 Å². The number of amides is 1. The zero-order chi connectivity index (χ0) is 8.85. The molecule has 4 heteroatoms. The fraction of sp³-hybridized carbons (Fsp3) is 0.714. The van der Waals surface area contributed by atoms with Crippen molar-refractivity contribution in [1.82, 2.24) is 5.06 Å². The number of carbonyl (C=O) groups is 1. The van der Waals surface area contributed by atoms with Crippen molar-refractivity contribution in [3.63, 3.8) is 0 Å². The highest BCUT2D eigenvalue weighted by atomic mass is 16.7. The molecule has 1 N–H and O–H groups in total. The Hall–Kier alpha value is -0.610. The predicted octanol–water partition coefficient (Wildman–Crippen LogP) is -0.161. The van der Waals surface area contributed by atoms with Gasteiger partial charge in [-0.15, -0.1) is 0 Å². The van der Waals surface area contributed by atoms with E-state index in [1.54, 1.807) is 6.92 Å². The molecule has 0 fully saturated rings. The Morgan fingerprint density at radius 1 is 1.82 bits per heavy atom. The molecule has 0 aliphatic rings. The number of aliphatic hydroxyl groups is 1. The topological polar surface area (TPSA) is 49.8 Å². The summed E-state index contributed by atoms with van der Waals surface area (Å²) in [6.45, 7) is 1.73. The summed E-state index contributed by atoms with van der Waals surface area (Å²) in [6, 6.07) is 0. The molecular weight excluding hydrogens is 146 g/mol. The van der Waals surface area contributed by atoms with Crippen LogP contribution in [0, 0.1) is 12.3 Å². The highest BCUT2D eigenvalue weighted by Crippen LogP contribution is 2.01. The van der Waals surface area contributed by atoms with Crippen LogP contribution in [0.5, 0.6) is 0 Å². The monoisotopic (exact) mass is 160 g/mol. The van der Waals surface area contributed by atoms with Crippen molar-refractivity contribution < 1.29 is 14.7 Å². The van der Waals surface area contributed by atoms with Gasteiger partial charge in [-0.05, 0) is 5.92 Å². The Kier molecular flexibility index (Phi) is 4.81. The molecule has 11 heavy (non-hydrogen) atoms. The third kappa shape index (κ3) is 3.95. The highest BCUT2D eigenvalue weighted by molar-refractivity contribution is 5.83. The molecule has 1 amide bonds. The summed E-state index contributed by atoms with van der Waals surface area (Å²) in [5, 5.41) is 9.70. The molecule has 0 heterocycles. The fourth-order valence-electron chi connectivity index (χ4n) is 0.491. The standard InChI is InChI=1S/C7H14NO3/c1-6(5-9)4-7(10)8(2)11-3/h4,6,9H,5H2,1-3H3. The number of aliphatic hydroxyl groups excluding tert-OH is 1. The van der Waals surface area contributed by atoms with E-state index in [4.69, 9.17) is 5.11 Å². The Bertz CT molecular complexity index is 127. The van der Waals surface area contributed by atoms with Gasteiger partial charge in [0.25, 0.3) is 0 Å². The van der Waals surface area contributed by atoms with Crippen molar-refractivity contribution in [2.45, 2.75) is 6.92 Å². The Morgan fingerprint density at radius 2 is 2.36 bits per heavy atom. The molecule has 1 unspecified atom stereocenters. The van der Waals surface area contributed by atoms with Gasteiger partial charge in [-0.2, -0.15) is 0 Å². The molecule has 0 aliphatic carbocycles. The predicted molar refractivity (Wildman–Crippen MR) is 40.3 cm³/mol. The molecule has 0 aromatic heterocycles. The Balaban J connectivity index is 3.68. The fourth-order valence-corrected chi connectivity index (χ4v) is 0.491. The molecule has 4 nitrogen and oxygen atoms in total. The van der Waals surface area contributed by atoms with E-state index in [-0.39, 0.29) is 18.4 Å². The van der Waals surface area contributed by atoms with E-state index >= 15 is 0 Å². The van der Waals surface area contributed by atoms with Crippen LogP contribution in [0.25, 0.3) is 0 Å². The van der Waals surface area contributed by atoms with E-state index in [2.05, 4.69) is 4.84 Å². The van der Waals surface area contributed by atoms with Crippen molar-refractivity contribution in [2.24, 2.45) is 5.92 Å². The van der Waals surface area contributed by atoms with E-state index in [1.807, 2.05) is 0 Å². The van der Waals surface area contributed by atoms with Gasteiger partial charge < -0.3 is 5.11 Å². The van der Waals surface area contributed by atoms with Gasteiger partial charge in [0.1, 0.15) is 0 Å². The van der Waals surface area contributed by atoms with Crippen LogP contribution in [0.2, 0.25) is 0 Å². The molecule has 0 aromatic rings. The maximum atomic E-state index is 11.0. The smallest absolute Gasteiger partial charge is 0.250 e. The lowest BCUT2D eigenvalue weighted by Gasteiger charge is -2.14. The second-order valence-electron chi connectivity index (χ2n) is 2.34. The summed E-state index contributed by atoms with van der Waals surface area (Å²) in [5.41, 5.74) is 0. The molecule has 0 spiro atoms. The van der Waals surface area contributed by atoms with E-state index in [0.29, 0.717) is 0 Å². The number of carbonyl (C=O) groups excluding carboxylic acids is 1. The molecule has 0 aliphatic heterocycles. The zero-order valence-corrected chi connectivity index (χ0v) is 7.07. The van der Waals surface area contributed by atoms with Crippen LogP contribution in [0.1, 0.15) is 6.92 Å². The molecule has 0 rings (SSSR count). The van der Waals surface area contributed by atoms with Crippen molar-refractivity contribution in [1.29, 1.82) is 0 Å². The molecule has 0 saturated heterocycles. The zero-order valence-electron chi connectivity index (χ0n) is 7.07. The van der Waals surface area contributed by atoms with Crippen molar-refractivity contribution in [3.05, 3.63) is 6.42 Å². The van der Waals surface area contributed by atoms with Crippen molar-refractivity contribution in [3.8, 4) is 0 Å². The van der Waals surface area contributed by atoms with Crippen molar-refractivity contribution >= 4 is 5.91 Å². The summed E-state index contributed by atoms with van der Waals surface area (Å²) in [4.78, 5) is 15.6. The van der Waals surface area contributed by atoms with E-state index < -0.39 is 0 Å². The summed E-state index contributed by atoms with van der Waals surface area (Å²) in [5.74, 6) is -0.367. The number of hydrogen-bond donors (Lipinski definition) is 1. The number of hydroxylamine groups is 2. The molecule has 1 atom stereocenters.